The van der Waals surface area contributed by atoms with Crippen molar-refractivity contribution in [2.75, 3.05) is 13.7 Å². The molecule has 4 N–H and O–H groups in total. The number of rotatable bonds is 9. The number of carboxylic acid groups (broad SMARTS) is 1. The zero-order chi connectivity index (χ0) is 16.5. The predicted molar refractivity (Wildman–Crippen MR) is 72.5 cm³/mol. The van der Waals surface area contributed by atoms with Crippen molar-refractivity contribution in [3.8, 4) is 0 Å². The van der Waals surface area contributed by atoms with Crippen LogP contribution in [-0.4, -0.2) is 48.8 Å². The maximum atomic E-state index is 11.7. The molecule has 1 rings (SSSR count). The van der Waals surface area contributed by atoms with Crippen molar-refractivity contribution < 1.29 is 33.4 Å². The van der Waals surface area contributed by atoms with E-state index in [1.165, 1.54) is 6.26 Å². The van der Waals surface area contributed by atoms with Gasteiger partial charge in [-0.2, -0.15) is 0 Å². The van der Waals surface area contributed by atoms with E-state index in [1.807, 2.05) is 0 Å². The molecule has 0 spiro atoms. The van der Waals surface area contributed by atoms with Crippen LogP contribution in [0.2, 0.25) is 0 Å². The lowest BCUT2D eigenvalue weighted by Gasteiger charge is -2.18. The topological polar surface area (TPSA) is 141 Å². The average molecular weight is 314 g/mol. The van der Waals surface area contributed by atoms with Crippen molar-refractivity contribution in [1.29, 1.82) is 0 Å². The predicted octanol–water partition coefficient (Wildman–Crippen LogP) is -0.744. The van der Waals surface area contributed by atoms with Crippen LogP contribution in [0.3, 0.4) is 0 Å². The highest BCUT2D eigenvalue weighted by atomic mass is 16.5. The van der Waals surface area contributed by atoms with Gasteiger partial charge in [-0.25, -0.2) is 4.79 Å². The van der Waals surface area contributed by atoms with Crippen LogP contribution in [0, 0.1) is 0 Å². The molecule has 1 amide bonds. The Morgan fingerprint density at radius 2 is 2.18 bits per heavy atom. The van der Waals surface area contributed by atoms with E-state index < -0.39 is 36.4 Å². The second-order valence-corrected chi connectivity index (χ2v) is 4.38. The maximum Gasteiger partial charge on any atom is 0.330 e. The number of hydrogen-bond donors (Lipinski definition) is 3. The van der Waals surface area contributed by atoms with Crippen LogP contribution in [0.1, 0.15) is 12.2 Å². The number of carbonyl (C=O) groups is 3. The molecule has 122 valence electrons. The smallest absolute Gasteiger partial charge is 0.330 e. The summed E-state index contributed by atoms with van der Waals surface area (Å²) in [4.78, 5) is 33.8. The second kappa shape index (κ2) is 8.80. The molecular weight excluding hydrogens is 296 g/mol. The number of hydrogen-bond acceptors (Lipinski definition) is 7. The van der Waals surface area contributed by atoms with Gasteiger partial charge >= 0.3 is 11.9 Å². The molecule has 0 aliphatic carbocycles. The molecule has 0 radical (unpaired) electrons. The highest BCUT2D eigenvalue weighted by molar-refractivity contribution is 5.89. The molecule has 1 aromatic rings. The standard InChI is InChI=1S/C13H18N2O7/c1-20-13(19)10(7-21-6-8-3-2-4-22-8)15-12(18)9(14)5-11(16)17/h2-4,9-10H,5-7,14H2,1H3,(H,15,18)(H,16,17)/t9-,10-/m0/s1. The Morgan fingerprint density at radius 1 is 1.45 bits per heavy atom. The van der Waals surface area contributed by atoms with Gasteiger partial charge in [-0.15, -0.1) is 0 Å². The van der Waals surface area contributed by atoms with E-state index in [4.69, 9.17) is 20.0 Å². The van der Waals surface area contributed by atoms with Gasteiger partial charge < -0.3 is 30.0 Å². The molecule has 1 aromatic heterocycles. The van der Waals surface area contributed by atoms with Gasteiger partial charge in [0.1, 0.15) is 12.4 Å². The monoisotopic (exact) mass is 314 g/mol. The van der Waals surface area contributed by atoms with E-state index in [9.17, 15) is 14.4 Å². The summed E-state index contributed by atoms with van der Waals surface area (Å²) in [5.41, 5.74) is 5.41. The van der Waals surface area contributed by atoms with E-state index in [1.54, 1.807) is 12.1 Å². The summed E-state index contributed by atoms with van der Waals surface area (Å²) < 4.78 is 14.9. The first-order valence-electron chi connectivity index (χ1n) is 6.39. The highest BCUT2D eigenvalue weighted by Crippen LogP contribution is 2.03. The van der Waals surface area contributed by atoms with Gasteiger partial charge in [0.2, 0.25) is 5.91 Å². The van der Waals surface area contributed by atoms with Crippen LogP contribution in [0.25, 0.3) is 0 Å². The van der Waals surface area contributed by atoms with Gasteiger partial charge in [0.15, 0.2) is 6.04 Å². The Labute approximate surface area is 126 Å². The Balaban J connectivity index is 2.51. The van der Waals surface area contributed by atoms with Gasteiger partial charge in [-0.3, -0.25) is 9.59 Å². The van der Waals surface area contributed by atoms with E-state index in [2.05, 4.69) is 10.1 Å². The third-order valence-corrected chi connectivity index (χ3v) is 2.64. The Kier molecular flexibility index (Phi) is 7.06. The molecule has 9 nitrogen and oxygen atoms in total. The molecule has 0 unspecified atom stereocenters. The zero-order valence-corrected chi connectivity index (χ0v) is 12.0. The third kappa shape index (κ3) is 5.94. The van der Waals surface area contributed by atoms with Crippen molar-refractivity contribution in [1.82, 2.24) is 5.32 Å². The number of aliphatic carboxylic acids is 1. The first-order valence-corrected chi connectivity index (χ1v) is 6.39. The number of nitrogens with two attached hydrogens (primary N) is 1. The number of nitrogens with one attached hydrogen (secondary N) is 1. The van der Waals surface area contributed by atoms with E-state index in [0.717, 1.165) is 7.11 Å². The summed E-state index contributed by atoms with van der Waals surface area (Å²) in [5.74, 6) is -2.17. The molecule has 9 heteroatoms. The lowest BCUT2D eigenvalue weighted by atomic mass is 10.2. The summed E-state index contributed by atoms with van der Waals surface area (Å²) in [6, 6.07) is 1.01. The molecule has 22 heavy (non-hydrogen) atoms. The summed E-state index contributed by atoms with van der Waals surface area (Å²) >= 11 is 0. The van der Waals surface area contributed by atoms with Gasteiger partial charge in [0.25, 0.3) is 0 Å². The lowest BCUT2D eigenvalue weighted by molar-refractivity contribution is -0.147. The lowest BCUT2D eigenvalue weighted by Crippen LogP contribution is -2.51. The molecule has 0 saturated carbocycles. The molecule has 0 aliphatic heterocycles. The van der Waals surface area contributed by atoms with Crippen LogP contribution in [0.15, 0.2) is 22.8 Å². The van der Waals surface area contributed by atoms with E-state index >= 15 is 0 Å². The fourth-order valence-corrected chi connectivity index (χ4v) is 1.54. The molecule has 0 fully saturated rings. The summed E-state index contributed by atoms with van der Waals surface area (Å²) in [6.07, 6.45) is 0.927. The highest BCUT2D eigenvalue weighted by Gasteiger charge is 2.25. The first-order chi connectivity index (χ1) is 10.4. The Bertz CT molecular complexity index is 500. The van der Waals surface area contributed by atoms with Crippen molar-refractivity contribution >= 4 is 17.8 Å². The molecule has 0 aromatic carbocycles. The van der Waals surface area contributed by atoms with Crippen LogP contribution in [0.5, 0.6) is 0 Å². The summed E-state index contributed by atoms with van der Waals surface area (Å²) in [7, 11) is 1.16. The van der Waals surface area contributed by atoms with Crippen molar-refractivity contribution in [2.24, 2.45) is 5.73 Å². The Morgan fingerprint density at radius 3 is 2.73 bits per heavy atom. The molecular formula is C13H18N2O7. The van der Waals surface area contributed by atoms with Crippen molar-refractivity contribution in [3.63, 3.8) is 0 Å². The van der Waals surface area contributed by atoms with Crippen LogP contribution in [-0.2, 0) is 30.5 Å². The quantitative estimate of drug-likeness (QED) is 0.506. The first kappa shape index (κ1) is 17.7. The molecule has 0 bridgehead atoms. The van der Waals surface area contributed by atoms with Crippen molar-refractivity contribution in [2.45, 2.75) is 25.1 Å². The van der Waals surface area contributed by atoms with Gasteiger partial charge in [0, 0.05) is 0 Å². The van der Waals surface area contributed by atoms with E-state index in [0.29, 0.717) is 5.76 Å². The van der Waals surface area contributed by atoms with Gasteiger partial charge in [-0.1, -0.05) is 0 Å². The minimum Gasteiger partial charge on any atom is -0.481 e. The number of esters is 1. The number of carbonyl (C=O) groups excluding carboxylic acids is 2. The van der Waals surface area contributed by atoms with Crippen LogP contribution in [0.4, 0.5) is 0 Å². The molecule has 0 aliphatic rings. The fourth-order valence-electron chi connectivity index (χ4n) is 1.54. The number of ether oxygens (including phenoxy) is 2. The number of furan rings is 1. The minimum absolute atomic E-state index is 0.109. The number of methoxy groups -OCH3 is 1. The Hall–Kier alpha value is -2.39. The summed E-state index contributed by atoms with van der Waals surface area (Å²) in [6.45, 7) is -0.0591. The fraction of sp³-hybridized carbons (Fsp3) is 0.462. The largest absolute Gasteiger partial charge is 0.481 e. The maximum absolute atomic E-state index is 11.7. The molecule has 0 saturated heterocycles. The number of carboxylic acids is 1. The molecule has 2 atom stereocenters. The SMILES string of the molecule is COC(=O)[C@H](COCc1ccco1)NC(=O)[C@@H](N)CC(=O)O. The van der Waals surface area contributed by atoms with Crippen LogP contribution >= 0.6 is 0 Å². The van der Waals surface area contributed by atoms with E-state index in [-0.39, 0.29) is 13.2 Å². The average Bonchev–Trinajstić information content (AvgIpc) is 2.97. The molecule has 1 heterocycles. The number of amides is 1. The van der Waals surface area contributed by atoms with Crippen molar-refractivity contribution in [3.05, 3.63) is 24.2 Å². The summed E-state index contributed by atoms with van der Waals surface area (Å²) in [5, 5.41) is 10.9. The zero-order valence-electron chi connectivity index (χ0n) is 12.0. The van der Waals surface area contributed by atoms with Gasteiger partial charge in [0.05, 0.1) is 32.4 Å². The third-order valence-electron chi connectivity index (χ3n) is 2.64. The van der Waals surface area contributed by atoms with Crippen LogP contribution < -0.4 is 11.1 Å². The minimum atomic E-state index is -1.27. The van der Waals surface area contributed by atoms with Gasteiger partial charge in [-0.05, 0) is 12.1 Å². The normalized spacial score (nSPS) is 13.2. The second-order valence-electron chi connectivity index (χ2n) is 4.38.